The lowest BCUT2D eigenvalue weighted by molar-refractivity contribution is 0.915. The van der Waals surface area contributed by atoms with Gasteiger partial charge < -0.3 is 10.2 Å². The van der Waals surface area contributed by atoms with Crippen LogP contribution in [0.3, 0.4) is 0 Å². The van der Waals surface area contributed by atoms with Crippen molar-refractivity contribution in [3.8, 4) is 0 Å². The fraction of sp³-hybridized carbons (Fsp3) is 0.167. The number of aromatic nitrogens is 3. The minimum atomic E-state index is 0.477. The molecular weight excluding hydrogens is 357 g/mol. The van der Waals surface area contributed by atoms with Gasteiger partial charge in [0.2, 0.25) is 5.95 Å². The van der Waals surface area contributed by atoms with Crippen LogP contribution < -0.4 is 10.2 Å². The third-order valence-electron chi connectivity index (χ3n) is 3.73. The van der Waals surface area contributed by atoms with Crippen molar-refractivity contribution in [1.82, 2.24) is 15.2 Å². The van der Waals surface area contributed by atoms with E-state index >= 15 is 0 Å². The van der Waals surface area contributed by atoms with Crippen LogP contribution in [0.4, 0.5) is 17.5 Å². The minimum Gasteiger partial charge on any atom is -0.353 e. The van der Waals surface area contributed by atoms with Crippen molar-refractivity contribution in [2.75, 3.05) is 23.8 Å². The summed E-state index contributed by atoms with van der Waals surface area (Å²) in [7, 11) is 1.94. The molecule has 1 heterocycles. The fourth-order valence-electron chi connectivity index (χ4n) is 2.35. The van der Waals surface area contributed by atoms with Crippen molar-refractivity contribution in [3.05, 3.63) is 70.3 Å². The second-order valence-electron chi connectivity index (χ2n) is 5.45. The third kappa shape index (κ3) is 4.59. The molecule has 5 nitrogen and oxygen atoms in total. The highest BCUT2D eigenvalue weighted by Crippen LogP contribution is 2.22. The third-order valence-corrected chi connectivity index (χ3v) is 4.31. The van der Waals surface area contributed by atoms with E-state index in [0.717, 1.165) is 17.7 Å². The van der Waals surface area contributed by atoms with Crippen LogP contribution in [0, 0.1) is 0 Å². The van der Waals surface area contributed by atoms with Gasteiger partial charge in [0.05, 0.1) is 6.20 Å². The molecular formula is C18H17Cl2N5. The summed E-state index contributed by atoms with van der Waals surface area (Å²) in [6, 6.07) is 15.5. The lowest BCUT2D eigenvalue weighted by Gasteiger charge is -2.18. The molecule has 3 aromatic rings. The van der Waals surface area contributed by atoms with Crippen LogP contribution in [0.5, 0.6) is 0 Å². The van der Waals surface area contributed by atoms with Crippen LogP contribution in [0.1, 0.15) is 5.56 Å². The van der Waals surface area contributed by atoms with Gasteiger partial charge in [-0.25, -0.2) is 0 Å². The number of halogens is 2. The molecule has 0 fully saturated rings. The molecule has 0 saturated carbocycles. The molecule has 0 spiro atoms. The molecule has 1 N–H and O–H groups in total. The summed E-state index contributed by atoms with van der Waals surface area (Å²) >= 11 is 12.1. The van der Waals surface area contributed by atoms with Crippen molar-refractivity contribution in [2.45, 2.75) is 6.42 Å². The largest absolute Gasteiger partial charge is 0.353 e. The molecule has 0 amide bonds. The van der Waals surface area contributed by atoms with Gasteiger partial charge in [0.25, 0.3) is 0 Å². The first-order chi connectivity index (χ1) is 12.1. The minimum absolute atomic E-state index is 0.477. The summed E-state index contributed by atoms with van der Waals surface area (Å²) < 4.78 is 0. The van der Waals surface area contributed by atoms with E-state index in [0.29, 0.717) is 28.4 Å². The summed E-state index contributed by atoms with van der Waals surface area (Å²) in [4.78, 5) is 6.46. The van der Waals surface area contributed by atoms with Gasteiger partial charge in [-0.3, -0.25) is 0 Å². The Labute approximate surface area is 156 Å². The first-order valence-corrected chi connectivity index (χ1v) is 8.55. The standard InChI is InChI=1S/C18H17Cl2N5/c1-25(15-5-3-2-4-6-15)17-12-22-24-18(23-17)21-10-9-13-7-8-14(19)11-16(13)20/h2-8,11-12H,9-10H2,1H3,(H,21,23,24). The first-order valence-electron chi connectivity index (χ1n) is 7.80. The second-order valence-corrected chi connectivity index (χ2v) is 6.29. The number of rotatable bonds is 6. The summed E-state index contributed by atoms with van der Waals surface area (Å²) in [6.45, 7) is 0.640. The second kappa shape index (κ2) is 8.14. The van der Waals surface area contributed by atoms with Crippen molar-refractivity contribution < 1.29 is 0 Å². The number of hydrogen-bond acceptors (Lipinski definition) is 5. The van der Waals surface area contributed by atoms with E-state index in [2.05, 4.69) is 20.5 Å². The Hall–Kier alpha value is -2.37. The summed E-state index contributed by atoms with van der Waals surface area (Å²) in [5, 5.41) is 12.5. The van der Waals surface area contributed by atoms with Crippen molar-refractivity contribution in [3.63, 3.8) is 0 Å². The number of nitrogens with one attached hydrogen (secondary N) is 1. The van der Waals surface area contributed by atoms with E-state index in [1.54, 1.807) is 12.3 Å². The Morgan fingerprint density at radius 3 is 2.64 bits per heavy atom. The van der Waals surface area contributed by atoms with E-state index in [9.17, 15) is 0 Å². The summed E-state index contributed by atoms with van der Waals surface area (Å²) in [6.07, 6.45) is 2.37. The molecule has 128 valence electrons. The molecule has 0 radical (unpaired) electrons. The zero-order chi connectivity index (χ0) is 17.6. The molecule has 0 saturated heterocycles. The number of hydrogen-bond donors (Lipinski definition) is 1. The maximum Gasteiger partial charge on any atom is 0.244 e. The van der Waals surface area contributed by atoms with Crippen LogP contribution in [-0.2, 0) is 6.42 Å². The number of anilines is 3. The number of benzene rings is 2. The fourth-order valence-corrected chi connectivity index (χ4v) is 2.85. The molecule has 7 heteroatoms. The average Bonchev–Trinajstić information content (AvgIpc) is 2.64. The molecule has 0 unspecified atom stereocenters. The van der Waals surface area contributed by atoms with Crippen LogP contribution in [0.2, 0.25) is 10.0 Å². The van der Waals surface area contributed by atoms with Gasteiger partial charge in [-0.2, -0.15) is 10.1 Å². The van der Waals surface area contributed by atoms with Crippen molar-refractivity contribution in [1.29, 1.82) is 0 Å². The normalized spacial score (nSPS) is 10.5. The van der Waals surface area contributed by atoms with Gasteiger partial charge in [0, 0.05) is 29.3 Å². The van der Waals surface area contributed by atoms with E-state index < -0.39 is 0 Å². The van der Waals surface area contributed by atoms with Gasteiger partial charge in [0.15, 0.2) is 5.82 Å². The molecule has 0 aliphatic rings. The Morgan fingerprint density at radius 2 is 1.88 bits per heavy atom. The molecule has 25 heavy (non-hydrogen) atoms. The van der Waals surface area contributed by atoms with E-state index in [1.807, 2.05) is 54.4 Å². The highest BCUT2D eigenvalue weighted by Gasteiger charge is 2.08. The number of nitrogens with zero attached hydrogens (tertiary/aromatic N) is 4. The predicted octanol–water partition coefficient (Wildman–Crippen LogP) is 4.60. The monoisotopic (exact) mass is 373 g/mol. The molecule has 0 aliphatic carbocycles. The quantitative estimate of drug-likeness (QED) is 0.683. The predicted molar refractivity (Wildman–Crippen MR) is 103 cm³/mol. The zero-order valence-corrected chi connectivity index (χ0v) is 15.2. The SMILES string of the molecule is CN(c1ccccc1)c1cnnc(NCCc2ccc(Cl)cc2Cl)n1. The van der Waals surface area contributed by atoms with Crippen LogP contribution in [0.15, 0.2) is 54.7 Å². The van der Waals surface area contributed by atoms with Gasteiger partial charge >= 0.3 is 0 Å². The smallest absolute Gasteiger partial charge is 0.244 e. The molecule has 0 atom stereocenters. The zero-order valence-electron chi connectivity index (χ0n) is 13.7. The van der Waals surface area contributed by atoms with Crippen LogP contribution in [-0.4, -0.2) is 28.8 Å². The van der Waals surface area contributed by atoms with E-state index in [4.69, 9.17) is 23.2 Å². The van der Waals surface area contributed by atoms with E-state index in [1.165, 1.54) is 0 Å². The highest BCUT2D eigenvalue weighted by atomic mass is 35.5. The van der Waals surface area contributed by atoms with Crippen LogP contribution in [0.25, 0.3) is 0 Å². The lowest BCUT2D eigenvalue weighted by atomic mass is 10.1. The maximum absolute atomic E-state index is 6.18. The van der Waals surface area contributed by atoms with Crippen LogP contribution >= 0.6 is 23.2 Å². The Kier molecular flexibility index (Phi) is 5.68. The van der Waals surface area contributed by atoms with Gasteiger partial charge in [0.1, 0.15) is 0 Å². The number of para-hydroxylation sites is 1. The average molecular weight is 374 g/mol. The summed E-state index contributed by atoms with van der Waals surface area (Å²) in [5.41, 5.74) is 2.05. The Bertz CT molecular complexity index is 842. The topological polar surface area (TPSA) is 53.9 Å². The molecule has 0 aliphatic heterocycles. The van der Waals surface area contributed by atoms with Crippen molar-refractivity contribution >= 4 is 40.7 Å². The van der Waals surface area contributed by atoms with Gasteiger partial charge in [-0.1, -0.05) is 47.5 Å². The Balaban J connectivity index is 1.64. The summed E-state index contributed by atoms with van der Waals surface area (Å²) in [5.74, 6) is 1.19. The molecule has 2 aromatic carbocycles. The maximum atomic E-state index is 6.18. The van der Waals surface area contributed by atoms with E-state index in [-0.39, 0.29) is 0 Å². The lowest BCUT2D eigenvalue weighted by Crippen LogP contribution is -2.15. The van der Waals surface area contributed by atoms with Gasteiger partial charge in [-0.05, 0) is 36.2 Å². The Morgan fingerprint density at radius 1 is 1.08 bits per heavy atom. The molecule has 1 aromatic heterocycles. The first kappa shape index (κ1) is 17.5. The molecule has 0 bridgehead atoms. The van der Waals surface area contributed by atoms with Gasteiger partial charge in [-0.15, -0.1) is 5.10 Å². The molecule has 3 rings (SSSR count). The highest BCUT2D eigenvalue weighted by molar-refractivity contribution is 6.35. The van der Waals surface area contributed by atoms with Crippen molar-refractivity contribution in [2.24, 2.45) is 0 Å².